The molecular weight excluding hydrogens is 769 g/mol. The SMILES string of the molecule is CC(C)c1ccc2c(c1)CCc1c(-c3[c-]c4ccccc4c(C(C)C)c3)ncnc1-2.CCC(C)(CC)C(=O)/C=C(\O)C(C)(CC)CC.[Ir]. The van der Waals surface area contributed by atoms with Gasteiger partial charge >= 0.3 is 0 Å². The van der Waals surface area contributed by atoms with Crippen molar-refractivity contribution < 1.29 is 30.0 Å². The van der Waals surface area contributed by atoms with Gasteiger partial charge in [-0.1, -0.05) is 117 Å². The zero-order valence-electron chi connectivity index (χ0n) is 30.8. The van der Waals surface area contributed by atoms with Crippen LogP contribution in [0.5, 0.6) is 0 Å². The first-order valence-corrected chi connectivity index (χ1v) is 17.7. The van der Waals surface area contributed by atoms with E-state index in [-0.39, 0.29) is 42.5 Å². The maximum Gasteiger partial charge on any atom is 0.164 e. The summed E-state index contributed by atoms with van der Waals surface area (Å²) in [6.07, 6.45) is 8.48. The van der Waals surface area contributed by atoms with E-state index in [1.54, 1.807) is 6.33 Å². The van der Waals surface area contributed by atoms with E-state index in [2.05, 4.69) is 82.3 Å². The topological polar surface area (TPSA) is 63.1 Å². The van der Waals surface area contributed by atoms with Gasteiger partial charge in [-0.3, -0.25) is 9.78 Å². The fraction of sp³-hybridized carbons (Fsp3) is 0.465. The van der Waals surface area contributed by atoms with Crippen LogP contribution in [0.1, 0.15) is 129 Å². The van der Waals surface area contributed by atoms with Crippen LogP contribution in [0.15, 0.2) is 66.7 Å². The van der Waals surface area contributed by atoms with Crippen LogP contribution < -0.4 is 0 Å². The van der Waals surface area contributed by atoms with Gasteiger partial charge in [-0.2, -0.15) is 0 Å². The van der Waals surface area contributed by atoms with Crippen molar-refractivity contribution in [3.63, 3.8) is 0 Å². The van der Waals surface area contributed by atoms with Gasteiger partial charge in [0.05, 0.1) is 5.69 Å². The van der Waals surface area contributed by atoms with Crippen molar-refractivity contribution in [1.29, 1.82) is 0 Å². The number of benzene rings is 3. The number of allylic oxidation sites excluding steroid dienone is 2. The van der Waals surface area contributed by atoms with Crippen LogP contribution in [0.4, 0.5) is 0 Å². The number of carbonyl (C=O) groups is 1. The van der Waals surface area contributed by atoms with E-state index in [0.29, 0.717) is 11.8 Å². The van der Waals surface area contributed by atoms with Gasteiger partial charge in [-0.05, 0) is 67.1 Å². The summed E-state index contributed by atoms with van der Waals surface area (Å²) in [5, 5.41) is 12.6. The molecule has 0 aliphatic heterocycles. The predicted molar refractivity (Wildman–Crippen MR) is 198 cm³/mol. The van der Waals surface area contributed by atoms with Crippen LogP contribution in [-0.4, -0.2) is 20.9 Å². The molecule has 0 amide bonds. The average Bonchev–Trinajstić information content (AvgIpc) is 3.09. The number of aliphatic hydroxyl groups is 1. The Hall–Kier alpha value is -3.14. The van der Waals surface area contributed by atoms with Crippen molar-refractivity contribution >= 4 is 16.6 Å². The number of ketones is 1. The third-order valence-corrected chi connectivity index (χ3v) is 10.9. The molecule has 1 radical (unpaired) electrons. The van der Waals surface area contributed by atoms with Crippen molar-refractivity contribution in [2.75, 3.05) is 0 Å². The summed E-state index contributed by atoms with van der Waals surface area (Å²) in [5.41, 5.74) is 9.27. The fourth-order valence-corrected chi connectivity index (χ4v) is 6.33. The molecule has 0 saturated heterocycles. The zero-order valence-corrected chi connectivity index (χ0v) is 33.1. The molecule has 48 heavy (non-hydrogen) atoms. The molecule has 259 valence electrons. The Morgan fingerprint density at radius 1 is 0.854 bits per heavy atom. The Kier molecular flexibility index (Phi) is 13.5. The second-order valence-corrected chi connectivity index (χ2v) is 14.4. The van der Waals surface area contributed by atoms with E-state index in [1.807, 2.05) is 41.5 Å². The molecule has 4 aromatic rings. The molecule has 0 saturated carbocycles. The second kappa shape index (κ2) is 16.5. The van der Waals surface area contributed by atoms with Crippen molar-refractivity contribution in [1.82, 2.24) is 9.97 Å². The maximum absolute atomic E-state index is 12.2. The molecule has 5 heteroatoms. The van der Waals surface area contributed by atoms with Crippen molar-refractivity contribution in [3.05, 3.63) is 95.0 Å². The van der Waals surface area contributed by atoms with Gasteiger partial charge in [0.1, 0.15) is 12.1 Å². The van der Waals surface area contributed by atoms with Crippen molar-refractivity contribution in [3.8, 4) is 22.5 Å². The van der Waals surface area contributed by atoms with Crippen LogP contribution in [0, 0.1) is 16.9 Å². The minimum atomic E-state index is -0.337. The predicted octanol–water partition coefficient (Wildman–Crippen LogP) is 11.8. The Morgan fingerprint density at radius 2 is 1.48 bits per heavy atom. The fourth-order valence-electron chi connectivity index (χ4n) is 6.33. The first-order chi connectivity index (χ1) is 22.3. The molecule has 3 aromatic carbocycles. The van der Waals surface area contributed by atoms with Gasteiger partial charge in [0.25, 0.3) is 0 Å². The van der Waals surface area contributed by atoms with Crippen molar-refractivity contribution in [2.45, 2.75) is 120 Å². The summed E-state index contributed by atoms with van der Waals surface area (Å²) in [4.78, 5) is 21.6. The number of nitrogens with zero attached hydrogens (tertiary/aromatic N) is 2. The molecule has 0 unspecified atom stereocenters. The van der Waals surface area contributed by atoms with Crippen LogP contribution >= 0.6 is 0 Å². The first-order valence-electron chi connectivity index (χ1n) is 17.7. The average molecular weight is 824 g/mol. The zero-order chi connectivity index (χ0) is 34.5. The Morgan fingerprint density at radius 3 is 2.08 bits per heavy atom. The smallest absolute Gasteiger partial charge is 0.164 e. The number of fused-ring (bicyclic) bond motifs is 4. The summed E-state index contributed by atoms with van der Waals surface area (Å²) in [6, 6.07) is 21.3. The number of hydrogen-bond acceptors (Lipinski definition) is 4. The second-order valence-electron chi connectivity index (χ2n) is 14.4. The summed E-state index contributed by atoms with van der Waals surface area (Å²) in [7, 11) is 0. The molecule has 1 N–H and O–H groups in total. The van der Waals surface area contributed by atoms with E-state index < -0.39 is 0 Å². The van der Waals surface area contributed by atoms with Gasteiger partial charge in [-0.15, -0.1) is 29.1 Å². The number of aryl methyl sites for hydroxylation is 1. The van der Waals surface area contributed by atoms with Gasteiger partial charge in [0, 0.05) is 48.3 Å². The summed E-state index contributed by atoms with van der Waals surface area (Å²) in [5.74, 6) is 1.27. The number of hydrogen-bond donors (Lipinski definition) is 1. The number of aliphatic hydroxyl groups excluding tert-OH is 1. The van der Waals surface area contributed by atoms with Gasteiger partial charge < -0.3 is 5.11 Å². The first kappa shape index (κ1) is 39.3. The van der Waals surface area contributed by atoms with Crippen LogP contribution in [0.2, 0.25) is 0 Å². The minimum Gasteiger partial charge on any atom is -0.512 e. The third-order valence-electron chi connectivity index (χ3n) is 10.9. The molecule has 1 aromatic heterocycles. The van der Waals surface area contributed by atoms with E-state index in [4.69, 9.17) is 9.97 Å². The maximum atomic E-state index is 12.2. The number of rotatable bonds is 10. The Labute approximate surface area is 303 Å². The minimum absolute atomic E-state index is 0. The summed E-state index contributed by atoms with van der Waals surface area (Å²) >= 11 is 0. The quantitative estimate of drug-likeness (QED) is 0.0983. The van der Waals surface area contributed by atoms with E-state index in [0.717, 1.165) is 60.9 Å². The van der Waals surface area contributed by atoms with Crippen LogP contribution in [0.25, 0.3) is 33.3 Å². The molecule has 0 bridgehead atoms. The molecule has 5 rings (SSSR count). The van der Waals surface area contributed by atoms with Gasteiger partial charge in [0.2, 0.25) is 0 Å². The molecular formula is C43H55IrN2O2-. The standard InChI is InChI=1S/C28H27N2.C15H28O2.Ir/c1-17(2)19-9-11-24-21(13-19)10-12-25-27(29-16-30-28(24)25)22-14-20-7-5-6-8-23(20)26(15-22)18(3)4;1-7-14(5,8-2)12(16)11-13(17)15(6,9-3)10-4;/h5-9,11,13,15-18H,10,12H2,1-4H3;11,16H,7-10H2,1-6H3;/q-1;;/b;12-11-;. The molecule has 4 nitrogen and oxygen atoms in total. The van der Waals surface area contributed by atoms with E-state index >= 15 is 0 Å². The Balaban J connectivity index is 0.000000301. The normalized spacial score (nSPS) is 13.0. The number of aromatic nitrogens is 2. The third kappa shape index (κ3) is 8.17. The molecule has 1 aliphatic rings. The molecule has 0 fully saturated rings. The molecule has 0 atom stereocenters. The van der Waals surface area contributed by atoms with Crippen LogP contribution in [0.3, 0.4) is 0 Å². The van der Waals surface area contributed by atoms with Crippen molar-refractivity contribution in [2.24, 2.45) is 10.8 Å². The monoisotopic (exact) mass is 824 g/mol. The number of carbonyl (C=O) groups excluding carboxylic acids is 1. The molecule has 0 spiro atoms. The van der Waals surface area contributed by atoms with Crippen LogP contribution in [-0.2, 0) is 37.7 Å². The summed E-state index contributed by atoms with van der Waals surface area (Å²) < 4.78 is 0. The van der Waals surface area contributed by atoms with E-state index in [9.17, 15) is 9.90 Å². The van der Waals surface area contributed by atoms with Gasteiger partial charge in [-0.25, -0.2) is 4.98 Å². The van der Waals surface area contributed by atoms with E-state index in [1.165, 1.54) is 39.3 Å². The summed E-state index contributed by atoms with van der Waals surface area (Å²) in [6.45, 7) is 21.1. The Bertz CT molecular complexity index is 1750. The molecule has 1 aliphatic carbocycles. The van der Waals surface area contributed by atoms with Gasteiger partial charge in [0.15, 0.2) is 5.78 Å². The molecule has 1 heterocycles. The largest absolute Gasteiger partial charge is 0.512 e.